The van der Waals surface area contributed by atoms with Crippen LogP contribution in [0.1, 0.15) is 65.9 Å². The van der Waals surface area contributed by atoms with Crippen LogP contribution < -0.4 is 0 Å². The van der Waals surface area contributed by atoms with E-state index in [-0.39, 0.29) is 11.9 Å². The van der Waals surface area contributed by atoms with Crippen LogP contribution in [0.25, 0.3) is 11.0 Å². The van der Waals surface area contributed by atoms with E-state index in [0.717, 1.165) is 42.8 Å². The predicted molar refractivity (Wildman–Crippen MR) is 118 cm³/mol. The molecule has 152 valence electrons. The number of hydrogen-bond donors (Lipinski definition) is 0. The van der Waals surface area contributed by atoms with Crippen molar-refractivity contribution in [3.05, 3.63) is 64.0 Å². The molecular weight excluding hydrogens is 358 g/mol. The highest BCUT2D eigenvalue weighted by Crippen LogP contribution is 2.35. The molecule has 4 heteroatoms. The number of likely N-dealkylation sites (tertiary alicyclic amines) is 1. The molecule has 1 aliphatic rings. The summed E-state index contributed by atoms with van der Waals surface area (Å²) < 4.78 is 2.36. The van der Waals surface area contributed by atoms with Crippen molar-refractivity contribution in [2.24, 2.45) is 0 Å². The fourth-order valence-electron chi connectivity index (χ4n) is 4.75. The van der Waals surface area contributed by atoms with Crippen LogP contribution in [0.15, 0.2) is 30.3 Å². The monoisotopic (exact) mass is 389 g/mol. The van der Waals surface area contributed by atoms with Crippen LogP contribution in [0, 0.1) is 27.7 Å². The van der Waals surface area contributed by atoms with E-state index in [2.05, 4.69) is 56.5 Å². The molecule has 1 amide bonds. The number of aryl methyl sites for hydroxylation is 2. The average molecular weight is 390 g/mol. The summed E-state index contributed by atoms with van der Waals surface area (Å²) in [5, 5.41) is 0. The van der Waals surface area contributed by atoms with Gasteiger partial charge >= 0.3 is 0 Å². The van der Waals surface area contributed by atoms with Gasteiger partial charge in [-0.1, -0.05) is 25.1 Å². The molecule has 4 rings (SSSR count). The molecule has 2 aromatic carbocycles. The van der Waals surface area contributed by atoms with Gasteiger partial charge in [-0.25, -0.2) is 4.98 Å². The third-order valence-electron chi connectivity index (χ3n) is 6.70. The summed E-state index contributed by atoms with van der Waals surface area (Å²) in [6.45, 7) is 12.4. The number of rotatable bonds is 4. The van der Waals surface area contributed by atoms with Crippen molar-refractivity contribution < 1.29 is 4.79 Å². The van der Waals surface area contributed by atoms with E-state index >= 15 is 0 Å². The number of nitrogens with zero attached hydrogens (tertiary/aromatic N) is 3. The van der Waals surface area contributed by atoms with Gasteiger partial charge in [-0.2, -0.15) is 0 Å². The zero-order chi connectivity index (χ0) is 20.7. The van der Waals surface area contributed by atoms with E-state index in [9.17, 15) is 4.79 Å². The van der Waals surface area contributed by atoms with Crippen LogP contribution in [-0.2, 0) is 11.3 Å². The van der Waals surface area contributed by atoms with Crippen molar-refractivity contribution in [2.75, 3.05) is 6.54 Å². The number of carbonyl (C=O) groups is 1. The molecule has 0 saturated carbocycles. The van der Waals surface area contributed by atoms with Gasteiger partial charge in [0.1, 0.15) is 5.82 Å². The fraction of sp³-hybridized carbons (Fsp3) is 0.440. The first-order valence-corrected chi connectivity index (χ1v) is 10.7. The molecule has 1 aromatic heterocycles. The van der Waals surface area contributed by atoms with Crippen LogP contribution in [0.4, 0.5) is 0 Å². The summed E-state index contributed by atoms with van der Waals surface area (Å²) in [5.74, 6) is 1.26. The third kappa shape index (κ3) is 3.35. The highest BCUT2D eigenvalue weighted by molar-refractivity contribution is 5.78. The van der Waals surface area contributed by atoms with Gasteiger partial charge in [-0.15, -0.1) is 0 Å². The number of fused-ring (bicyclic) bond motifs is 1. The highest BCUT2D eigenvalue weighted by Gasteiger charge is 2.33. The second-order valence-electron chi connectivity index (χ2n) is 8.38. The molecule has 1 saturated heterocycles. The lowest BCUT2D eigenvalue weighted by Crippen LogP contribution is -2.31. The molecule has 0 aliphatic carbocycles. The average Bonchev–Trinajstić information content (AvgIpc) is 3.33. The summed E-state index contributed by atoms with van der Waals surface area (Å²) in [7, 11) is 0. The Morgan fingerprint density at radius 1 is 1.10 bits per heavy atom. The van der Waals surface area contributed by atoms with E-state index < -0.39 is 0 Å². The lowest BCUT2D eigenvalue weighted by atomic mass is 9.94. The van der Waals surface area contributed by atoms with E-state index in [1.54, 1.807) is 0 Å². The summed E-state index contributed by atoms with van der Waals surface area (Å²) in [4.78, 5) is 19.6. The minimum Gasteiger partial charge on any atom is -0.333 e. The molecule has 1 fully saturated rings. The lowest BCUT2D eigenvalue weighted by molar-refractivity contribution is -0.131. The smallest absolute Gasteiger partial charge is 0.222 e. The molecule has 2 heterocycles. The van der Waals surface area contributed by atoms with Crippen molar-refractivity contribution in [1.82, 2.24) is 14.5 Å². The molecule has 0 spiro atoms. The third-order valence-corrected chi connectivity index (χ3v) is 6.70. The van der Waals surface area contributed by atoms with Gasteiger partial charge in [0.2, 0.25) is 5.91 Å². The van der Waals surface area contributed by atoms with E-state index in [0.29, 0.717) is 6.42 Å². The van der Waals surface area contributed by atoms with Crippen LogP contribution in [-0.4, -0.2) is 26.9 Å². The first-order valence-electron chi connectivity index (χ1n) is 10.7. The zero-order valence-corrected chi connectivity index (χ0v) is 18.2. The Bertz CT molecular complexity index is 1050. The molecule has 0 radical (unpaired) electrons. The number of amides is 1. The minimum atomic E-state index is 0.0707. The molecule has 0 N–H and O–H groups in total. The first kappa shape index (κ1) is 19.7. The lowest BCUT2D eigenvalue weighted by Gasteiger charge is -2.25. The molecule has 29 heavy (non-hydrogen) atoms. The largest absolute Gasteiger partial charge is 0.333 e. The van der Waals surface area contributed by atoms with Gasteiger partial charge < -0.3 is 9.47 Å². The molecule has 1 atom stereocenters. The van der Waals surface area contributed by atoms with Crippen LogP contribution in [0.2, 0.25) is 0 Å². The van der Waals surface area contributed by atoms with Gasteiger partial charge in [-0.05, 0) is 80.5 Å². The van der Waals surface area contributed by atoms with Crippen molar-refractivity contribution in [2.45, 2.75) is 66.5 Å². The van der Waals surface area contributed by atoms with Gasteiger partial charge in [0, 0.05) is 19.5 Å². The summed E-state index contributed by atoms with van der Waals surface area (Å²) >= 11 is 0. The first-order chi connectivity index (χ1) is 13.9. The Morgan fingerprint density at radius 3 is 2.48 bits per heavy atom. The van der Waals surface area contributed by atoms with Crippen molar-refractivity contribution in [1.29, 1.82) is 0 Å². The highest BCUT2D eigenvalue weighted by atomic mass is 16.2. The second kappa shape index (κ2) is 7.66. The summed E-state index contributed by atoms with van der Waals surface area (Å²) in [6, 6.07) is 10.7. The number of carbonyl (C=O) groups excluding carboxylic acids is 1. The van der Waals surface area contributed by atoms with Crippen molar-refractivity contribution >= 4 is 16.9 Å². The summed E-state index contributed by atoms with van der Waals surface area (Å²) in [5.41, 5.74) is 8.90. The normalized spacial score (nSPS) is 16.7. The Labute approximate surface area is 173 Å². The van der Waals surface area contributed by atoms with Gasteiger partial charge in [-0.3, -0.25) is 4.79 Å². The predicted octanol–water partition coefficient (Wildman–Crippen LogP) is 5.39. The molecule has 4 nitrogen and oxygen atoms in total. The number of benzene rings is 2. The standard InChI is InChI=1S/C25H31N3O/c1-6-24(29)27-13-9-12-23(27)25-26-21-10-7-8-11-22(21)28(25)15-20-18(4)16(2)14-17(3)19(20)5/h7-8,10-11,14,23H,6,9,12-13,15H2,1-5H3. The fourth-order valence-corrected chi connectivity index (χ4v) is 4.75. The van der Waals surface area contributed by atoms with Crippen LogP contribution >= 0.6 is 0 Å². The van der Waals surface area contributed by atoms with Crippen molar-refractivity contribution in [3.63, 3.8) is 0 Å². The van der Waals surface area contributed by atoms with E-state index in [1.807, 2.05) is 17.9 Å². The van der Waals surface area contributed by atoms with Crippen LogP contribution in [0.5, 0.6) is 0 Å². The number of hydrogen-bond acceptors (Lipinski definition) is 2. The molecular formula is C25H31N3O. The van der Waals surface area contributed by atoms with Gasteiger partial charge in [0.05, 0.1) is 17.1 Å². The van der Waals surface area contributed by atoms with Crippen LogP contribution in [0.3, 0.4) is 0 Å². The Morgan fingerprint density at radius 2 is 1.79 bits per heavy atom. The summed E-state index contributed by atoms with van der Waals surface area (Å²) in [6.07, 6.45) is 2.58. The van der Waals surface area contributed by atoms with Gasteiger partial charge in [0.15, 0.2) is 0 Å². The van der Waals surface area contributed by atoms with Gasteiger partial charge in [0.25, 0.3) is 0 Å². The quantitative estimate of drug-likeness (QED) is 0.600. The maximum Gasteiger partial charge on any atom is 0.222 e. The SMILES string of the molecule is CCC(=O)N1CCCC1c1nc2ccccc2n1Cc1c(C)c(C)cc(C)c1C. The Balaban J connectivity index is 1.87. The Hall–Kier alpha value is -2.62. The topological polar surface area (TPSA) is 38.1 Å². The minimum absolute atomic E-state index is 0.0707. The van der Waals surface area contributed by atoms with E-state index in [4.69, 9.17) is 4.98 Å². The molecule has 0 bridgehead atoms. The van der Waals surface area contributed by atoms with Crippen molar-refractivity contribution in [3.8, 4) is 0 Å². The molecule has 3 aromatic rings. The number of para-hydroxylation sites is 2. The molecule has 1 unspecified atom stereocenters. The second-order valence-corrected chi connectivity index (χ2v) is 8.38. The zero-order valence-electron chi connectivity index (χ0n) is 18.2. The maximum absolute atomic E-state index is 12.6. The van der Waals surface area contributed by atoms with E-state index in [1.165, 1.54) is 27.8 Å². The maximum atomic E-state index is 12.6. The number of imidazole rings is 1. The molecule has 1 aliphatic heterocycles. The number of aromatic nitrogens is 2. The Kier molecular flexibility index (Phi) is 5.20.